The van der Waals surface area contributed by atoms with Crippen LogP contribution in [-0.4, -0.2) is 20.2 Å². The Morgan fingerprint density at radius 3 is 3.00 bits per heavy atom. The van der Waals surface area contributed by atoms with Gasteiger partial charge >= 0.3 is 0 Å². The van der Waals surface area contributed by atoms with E-state index < -0.39 is 0 Å². The highest BCUT2D eigenvalue weighted by Crippen LogP contribution is 2.39. The van der Waals surface area contributed by atoms with Crippen LogP contribution in [0.4, 0.5) is 11.6 Å². The van der Waals surface area contributed by atoms with E-state index in [0.717, 1.165) is 15.4 Å². The summed E-state index contributed by atoms with van der Waals surface area (Å²) in [5.74, 6) is 5.08. The van der Waals surface area contributed by atoms with Crippen LogP contribution in [-0.2, 0) is 6.54 Å². The summed E-state index contributed by atoms with van der Waals surface area (Å²) in [7, 11) is 0. The molecule has 6 nitrogen and oxygen atoms in total. The van der Waals surface area contributed by atoms with Crippen molar-refractivity contribution in [2.24, 2.45) is 0 Å². The van der Waals surface area contributed by atoms with Crippen molar-refractivity contribution in [1.82, 2.24) is 25.9 Å². The van der Waals surface area contributed by atoms with E-state index in [0.29, 0.717) is 28.9 Å². The van der Waals surface area contributed by atoms with Gasteiger partial charge in [-0.2, -0.15) is 5.10 Å². The van der Waals surface area contributed by atoms with Gasteiger partial charge in [-0.3, -0.25) is 10.8 Å². The van der Waals surface area contributed by atoms with Gasteiger partial charge in [0.1, 0.15) is 0 Å². The molecule has 24 heavy (non-hydrogen) atoms. The monoisotopic (exact) mass is 335 g/mol. The summed E-state index contributed by atoms with van der Waals surface area (Å²) in [4.78, 5) is 10.8. The van der Waals surface area contributed by atoms with Gasteiger partial charge in [-0.05, 0) is 25.0 Å². The summed E-state index contributed by atoms with van der Waals surface area (Å²) in [6.45, 7) is 0.259. The lowest BCUT2D eigenvalue weighted by Gasteiger charge is -2.06. The molecule has 1 aliphatic rings. The molecule has 1 radical (unpaired) electrons. The number of thiophene rings is 1. The number of aromatic amines is 1. The second kappa shape index (κ2) is 6.07. The van der Waals surface area contributed by atoms with Gasteiger partial charge in [-0.15, -0.1) is 17.8 Å². The molecule has 1 fully saturated rings. The Morgan fingerprint density at radius 1 is 1.42 bits per heavy atom. The summed E-state index contributed by atoms with van der Waals surface area (Å²) >= 11 is 1.52. The lowest BCUT2D eigenvalue weighted by molar-refractivity contribution is 0.966. The van der Waals surface area contributed by atoms with Crippen LogP contribution in [0.3, 0.4) is 0 Å². The van der Waals surface area contributed by atoms with E-state index in [4.69, 9.17) is 12.2 Å². The van der Waals surface area contributed by atoms with Crippen molar-refractivity contribution >= 4 is 23.0 Å². The van der Waals surface area contributed by atoms with Crippen LogP contribution >= 0.6 is 11.3 Å². The zero-order valence-corrected chi connectivity index (χ0v) is 13.7. The molecule has 0 spiro atoms. The fraction of sp³-hybridized carbons (Fsp3) is 0.235. The molecule has 119 valence electrons. The van der Waals surface area contributed by atoms with Crippen molar-refractivity contribution in [2.75, 3.05) is 5.32 Å². The third kappa shape index (κ3) is 2.89. The first-order valence-corrected chi connectivity index (χ1v) is 8.48. The Bertz CT molecular complexity index is 915. The Hall–Kier alpha value is -2.69. The highest BCUT2D eigenvalue weighted by atomic mass is 32.1. The lowest BCUT2D eigenvalue weighted by atomic mass is 10.3. The predicted octanol–water partition coefficient (Wildman–Crippen LogP) is 3.31. The van der Waals surface area contributed by atoms with Crippen molar-refractivity contribution in [1.29, 1.82) is 0 Å². The van der Waals surface area contributed by atoms with Gasteiger partial charge in [0.2, 0.25) is 0 Å². The van der Waals surface area contributed by atoms with Gasteiger partial charge in [0, 0.05) is 35.3 Å². The molecule has 0 amide bonds. The minimum absolute atomic E-state index is 0.259. The Morgan fingerprint density at radius 2 is 2.29 bits per heavy atom. The fourth-order valence-corrected chi connectivity index (χ4v) is 3.24. The van der Waals surface area contributed by atoms with Crippen LogP contribution in [0.1, 0.15) is 34.9 Å². The molecule has 4 rings (SSSR count). The molecule has 7 heteroatoms. The summed E-state index contributed by atoms with van der Waals surface area (Å²) in [6, 6.07) is 5.86. The van der Waals surface area contributed by atoms with E-state index >= 15 is 0 Å². The van der Waals surface area contributed by atoms with E-state index in [2.05, 4.69) is 31.4 Å². The van der Waals surface area contributed by atoms with Crippen molar-refractivity contribution in [3.05, 3.63) is 40.5 Å². The van der Waals surface area contributed by atoms with Crippen LogP contribution in [0.15, 0.2) is 24.4 Å². The maximum atomic E-state index is 7.44. The molecule has 3 aromatic rings. The maximum absolute atomic E-state index is 7.44. The molecule has 1 aliphatic carbocycles. The van der Waals surface area contributed by atoms with Crippen molar-refractivity contribution in [3.8, 4) is 23.0 Å². The minimum atomic E-state index is 0.259. The van der Waals surface area contributed by atoms with E-state index in [1.165, 1.54) is 24.2 Å². The Labute approximate surface area is 143 Å². The van der Waals surface area contributed by atoms with Crippen LogP contribution in [0.2, 0.25) is 0 Å². The average molecular weight is 335 g/mol. The average Bonchev–Trinajstić information content (AvgIpc) is 3.17. The number of hydrogen-bond acceptors (Lipinski definition) is 5. The first kappa shape index (κ1) is 14.9. The summed E-state index contributed by atoms with van der Waals surface area (Å²) < 4.78 is 0. The zero-order valence-electron chi connectivity index (χ0n) is 12.8. The zero-order chi connectivity index (χ0) is 16.5. The lowest BCUT2D eigenvalue weighted by Crippen LogP contribution is -2.00. The number of hydrogen-bond donors (Lipinski definition) is 2. The molecule has 0 saturated heterocycles. The van der Waals surface area contributed by atoms with E-state index in [1.54, 1.807) is 6.20 Å². The van der Waals surface area contributed by atoms with Crippen LogP contribution in [0.5, 0.6) is 0 Å². The summed E-state index contributed by atoms with van der Waals surface area (Å²) in [5, 5.41) is 10.5. The van der Waals surface area contributed by atoms with Gasteiger partial charge in [0.15, 0.2) is 17.5 Å². The SMILES string of the molecule is C#Cc1cnc(-c2ccc(C[NH])s2)nc1Nc1cc(C2CC2)[nH]n1. The smallest absolute Gasteiger partial charge is 0.171 e. The largest absolute Gasteiger partial charge is 0.322 e. The third-order valence-electron chi connectivity index (χ3n) is 3.86. The molecule has 3 heterocycles. The fourth-order valence-electron chi connectivity index (χ4n) is 2.42. The van der Waals surface area contributed by atoms with Gasteiger partial charge in [-0.1, -0.05) is 5.92 Å². The standard InChI is InChI=1S/C17H15N6S/c1-2-10-9-19-17(14-6-5-12(8-18)24-14)21-16(10)20-15-7-13(22-23-15)11-3-4-11/h1,5-7,9,11,18H,3-4,8H2,(H2,19,20,21,22,23). The van der Waals surface area contributed by atoms with Gasteiger partial charge in [0.05, 0.1) is 10.4 Å². The van der Waals surface area contributed by atoms with Crippen LogP contribution in [0, 0.1) is 12.3 Å². The Balaban J connectivity index is 1.64. The molecule has 3 N–H and O–H groups in total. The molecule has 0 bridgehead atoms. The minimum Gasteiger partial charge on any atom is -0.322 e. The summed E-state index contributed by atoms with van der Waals surface area (Å²) in [6.07, 6.45) is 9.63. The molecule has 0 aromatic carbocycles. The van der Waals surface area contributed by atoms with E-state index in [9.17, 15) is 0 Å². The molecule has 0 unspecified atom stereocenters. The number of aromatic nitrogens is 4. The van der Waals surface area contributed by atoms with Gasteiger partial charge in [-0.25, -0.2) is 9.97 Å². The number of rotatable bonds is 5. The van der Waals surface area contributed by atoms with Crippen LogP contribution in [0.25, 0.3) is 10.7 Å². The number of nitrogens with zero attached hydrogens (tertiary/aromatic N) is 3. The van der Waals surface area contributed by atoms with Gasteiger partial charge < -0.3 is 5.32 Å². The number of nitrogens with one attached hydrogen (secondary N) is 3. The van der Waals surface area contributed by atoms with Gasteiger partial charge in [0.25, 0.3) is 0 Å². The molecular formula is C17H15N6S. The number of anilines is 2. The second-order valence-electron chi connectivity index (χ2n) is 5.65. The highest BCUT2D eigenvalue weighted by Gasteiger charge is 2.25. The molecule has 3 aromatic heterocycles. The Kier molecular flexibility index (Phi) is 3.76. The first-order valence-electron chi connectivity index (χ1n) is 7.66. The van der Waals surface area contributed by atoms with E-state index in [1.807, 2.05) is 18.2 Å². The van der Waals surface area contributed by atoms with Crippen LogP contribution < -0.4 is 11.1 Å². The normalized spacial score (nSPS) is 13.7. The number of terminal acetylenes is 1. The van der Waals surface area contributed by atoms with Crippen molar-refractivity contribution in [2.45, 2.75) is 25.3 Å². The number of H-pyrrole nitrogens is 1. The first-order chi connectivity index (χ1) is 11.8. The molecule has 0 aliphatic heterocycles. The highest BCUT2D eigenvalue weighted by molar-refractivity contribution is 7.15. The van der Waals surface area contributed by atoms with Crippen molar-refractivity contribution < 1.29 is 0 Å². The van der Waals surface area contributed by atoms with E-state index in [-0.39, 0.29) is 6.54 Å². The topological polar surface area (TPSA) is 90.3 Å². The molecular weight excluding hydrogens is 320 g/mol. The molecule has 1 saturated carbocycles. The second-order valence-corrected chi connectivity index (χ2v) is 6.82. The third-order valence-corrected chi connectivity index (χ3v) is 4.94. The quantitative estimate of drug-likeness (QED) is 0.700. The van der Waals surface area contributed by atoms with Crippen molar-refractivity contribution in [3.63, 3.8) is 0 Å². The summed E-state index contributed by atoms with van der Waals surface area (Å²) in [5.41, 5.74) is 9.17. The predicted molar refractivity (Wildman–Crippen MR) is 93.9 cm³/mol. The molecule has 0 atom stereocenters. The maximum Gasteiger partial charge on any atom is 0.171 e.